The van der Waals surface area contributed by atoms with Gasteiger partial charge in [-0.1, -0.05) is 111 Å². The molecule has 0 saturated heterocycles. The zero-order valence-electron chi connectivity index (χ0n) is 34.1. The number of carbonyl (C=O) groups is 1. The third kappa shape index (κ3) is 9.35. The van der Waals surface area contributed by atoms with Gasteiger partial charge >= 0.3 is 0 Å². The molecule has 2 bridgehead atoms. The Labute approximate surface area is 348 Å². The number of Topliss-reactive ketones (excluding diaryl/α,β-unsaturated/α-hetero) is 1. The minimum Gasteiger partial charge on any atom is -0.465 e. The molecule has 8 rings (SSSR count). The molecule has 5 unspecified atom stereocenters. The standard InChI is InChI=1S/C50H56N4O5/c1-2-3-5-12-39(55)30-40(56)16-13-35-14-20-46-47(27-35)59-49-43(50(24-26-58-46)22-8-9-23-50)18-19-45(57)41-17-15-36(48(51)52-25-21-34-10-6-4-7-11-34)28-37(41)29-38-31-53-44-33-54(49)32-42(38)44/h4,6-7,10-11,14-15,17,20,27-28,31-32,39,43,45,48-49,52,55,57H,2-3,5,8-9,12-13,16,21-23,25,29-30,33,51H2,1H3. The highest BCUT2D eigenvalue weighted by Gasteiger charge is 2.48. The molecule has 9 heteroatoms. The maximum absolute atomic E-state index is 12.9. The van der Waals surface area contributed by atoms with Gasteiger partial charge in [-0.2, -0.15) is 0 Å². The number of rotatable bonds is 14. The number of nitrogens with zero attached hydrogens (tertiary/aromatic N) is 2. The molecule has 0 amide bonds. The second kappa shape index (κ2) is 18.4. The van der Waals surface area contributed by atoms with E-state index in [0.717, 1.165) is 97.0 Å². The molecule has 3 aromatic carbocycles. The highest BCUT2D eigenvalue weighted by atomic mass is 16.5. The Hall–Kier alpha value is -5.16. The van der Waals surface area contributed by atoms with Crippen molar-refractivity contribution in [1.29, 1.82) is 0 Å². The predicted molar refractivity (Wildman–Crippen MR) is 230 cm³/mol. The first kappa shape index (κ1) is 40.6. The normalized spacial score (nSPS) is 21.9. The lowest BCUT2D eigenvalue weighted by Gasteiger charge is -2.39. The molecular weight excluding hydrogens is 737 g/mol. The zero-order valence-corrected chi connectivity index (χ0v) is 34.1. The first-order valence-electron chi connectivity index (χ1n) is 21.6. The van der Waals surface area contributed by atoms with Crippen molar-refractivity contribution in [3.8, 4) is 35.4 Å². The molecule has 0 aromatic heterocycles. The summed E-state index contributed by atoms with van der Waals surface area (Å²) in [4.78, 5) is 20.0. The lowest BCUT2D eigenvalue weighted by molar-refractivity contribution is -0.121. The first-order valence-corrected chi connectivity index (χ1v) is 21.6. The van der Waals surface area contributed by atoms with Gasteiger partial charge in [-0.3, -0.25) is 15.1 Å². The van der Waals surface area contributed by atoms with Crippen molar-refractivity contribution in [1.82, 2.24) is 10.2 Å². The third-order valence-electron chi connectivity index (χ3n) is 12.6. The predicted octanol–water partition coefficient (Wildman–Crippen LogP) is 7.38. The highest BCUT2D eigenvalue weighted by Crippen LogP contribution is 2.49. The molecule has 1 spiro atoms. The number of benzene rings is 3. The van der Waals surface area contributed by atoms with Crippen LogP contribution < -0.4 is 20.5 Å². The van der Waals surface area contributed by atoms with Crippen LogP contribution in [0.25, 0.3) is 0 Å². The lowest BCUT2D eigenvalue weighted by Crippen LogP contribution is -2.47. The molecule has 1 fully saturated rings. The third-order valence-corrected chi connectivity index (χ3v) is 12.6. The fourth-order valence-electron chi connectivity index (χ4n) is 9.18. The van der Waals surface area contributed by atoms with Crippen molar-refractivity contribution in [2.45, 2.75) is 115 Å². The van der Waals surface area contributed by atoms with Crippen LogP contribution in [-0.2, 0) is 24.1 Å². The molecule has 5 aliphatic rings. The van der Waals surface area contributed by atoms with E-state index in [4.69, 9.17) is 20.2 Å². The van der Waals surface area contributed by atoms with Crippen LogP contribution in [0.1, 0.15) is 111 Å². The molecule has 1 saturated carbocycles. The van der Waals surface area contributed by atoms with Gasteiger partial charge in [0.05, 0.1) is 35.9 Å². The Kier molecular flexibility index (Phi) is 12.7. The minimum absolute atomic E-state index is 0.0491. The van der Waals surface area contributed by atoms with Crippen molar-refractivity contribution in [3.05, 3.63) is 118 Å². The molecule has 1 aliphatic carbocycles. The van der Waals surface area contributed by atoms with Crippen LogP contribution in [0.5, 0.6) is 11.5 Å². The summed E-state index contributed by atoms with van der Waals surface area (Å²) in [5.74, 6) is 11.1. The summed E-state index contributed by atoms with van der Waals surface area (Å²) in [6, 6.07) is 22.2. The molecule has 306 valence electrons. The molecule has 5 atom stereocenters. The summed E-state index contributed by atoms with van der Waals surface area (Å²) in [6.07, 6.45) is 14.4. The summed E-state index contributed by atoms with van der Waals surface area (Å²) in [7, 11) is 0. The number of aliphatic hydroxyl groups is 2. The molecule has 5 N–H and O–H groups in total. The maximum atomic E-state index is 12.9. The Balaban J connectivity index is 1.09. The number of ether oxygens (including phenoxy) is 2. The van der Waals surface area contributed by atoms with Crippen LogP contribution in [0.15, 0.2) is 95.3 Å². The second-order valence-corrected chi connectivity index (χ2v) is 16.8. The van der Waals surface area contributed by atoms with Gasteiger partial charge in [0.1, 0.15) is 18.0 Å². The summed E-state index contributed by atoms with van der Waals surface area (Å²) in [5.41, 5.74) is 14.1. The van der Waals surface area contributed by atoms with Crippen LogP contribution in [0, 0.1) is 35.2 Å². The Morgan fingerprint density at radius 2 is 1.88 bits per heavy atom. The van der Waals surface area contributed by atoms with Gasteiger partial charge in [0, 0.05) is 43.8 Å². The number of hydrogen-bond acceptors (Lipinski definition) is 9. The largest absolute Gasteiger partial charge is 0.465 e. The SMILES string of the molecule is CCCCCC(O)CC(=O)CCc1ccc2c(c1)OC1C(C#CC(O)c3ccc(C(N)NCCc4ccccc4)cc3CC3=CN=C4CN1C=C34)C1(C#CO2)CCCC1. The number of allylic oxidation sites excluding steroid dienone is 1. The van der Waals surface area contributed by atoms with Gasteiger partial charge in [-0.05, 0) is 77.6 Å². The van der Waals surface area contributed by atoms with Crippen molar-refractivity contribution in [2.24, 2.45) is 22.1 Å². The number of hydrogen-bond donors (Lipinski definition) is 4. The number of nitrogens with one attached hydrogen (secondary N) is 1. The molecule has 0 radical (unpaired) electrons. The van der Waals surface area contributed by atoms with E-state index in [2.05, 4.69) is 65.4 Å². The summed E-state index contributed by atoms with van der Waals surface area (Å²) in [5, 5.41) is 25.8. The van der Waals surface area contributed by atoms with E-state index in [0.29, 0.717) is 43.7 Å². The smallest absolute Gasteiger partial charge is 0.187 e. The quantitative estimate of drug-likeness (QED) is 0.0757. The van der Waals surface area contributed by atoms with E-state index < -0.39 is 29.8 Å². The topological polar surface area (TPSA) is 130 Å². The van der Waals surface area contributed by atoms with E-state index in [1.807, 2.05) is 54.7 Å². The Morgan fingerprint density at radius 1 is 1.03 bits per heavy atom. The molecule has 9 nitrogen and oxygen atoms in total. The summed E-state index contributed by atoms with van der Waals surface area (Å²) < 4.78 is 13.2. The van der Waals surface area contributed by atoms with Crippen LogP contribution in [0.4, 0.5) is 0 Å². The number of aliphatic hydroxyl groups excluding tert-OH is 2. The van der Waals surface area contributed by atoms with Crippen LogP contribution in [0.3, 0.4) is 0 Å². The number of ketones is 1. The van der Waals surface area contributed by atoms with E-state index in [-0.39, 0.29) is 18.4 Å². The van der Waals surface area contributed by atoms with E-state index in [1.165, 1.54) is 5.56 Å². The fraction of sp³-hybridized carbons (Fsp3) is 0.440. The van der Waals surface area contributed by atoms with Crippen LogP contribution in [-0.4, -0.2) is 52.0 Å². The molecular formula is C50H56N4O5. The average Bonchev–Trinajstić information content (AvgIpc) is 3.99. The zero-order chi connectivity index (χ0) is 40.8. The molecule has 59 heavy (non-hydrogen) atoms. The van der Waals surface area contributed by atoms with E-state index >= 15 is 0 Å². The van der Waals surface area contributed by atoms with E-state index in [9.17, 15) is 15.0 Å². The van der Waals surface area contributed by atoms with Crippen molar-refractivity contribution in [2.75, 3.05) is 13.1 Å². The molecule has 4 aliphatic heterocycles. The monoisotopic (exact) mass is 792 g/mol. The first-order chi connectivity index (χ1) is 28.8. The number of aliphatic imine (C=N–C) groups is 1. The lowest BCUT2D eigenvalue weighted by atomic mass is 9.73. The van der Waals surface area contributed by atoms with Gasteiger partial charge < -0.3 is 30.3 Å². The van der Waals surface area contributed by atoms with Crippen molar-refractivity contribution >= 4 is 11.5 Å². The van der Waals surface area contributed by atoms with Crippen LogP contribution in [0.2, 0.25) is 0 Å². The van der Waals surface area contributed by atoms with Crippen molar-refractivity contribution in [3.63, 3.8) is 0 Å². The number of unbranched alkanes of at least 4 members (excludes halogenated alkanes) is 2. The summed E-state index contributed by atoms with van der Waals surface area (Å²) in [6.45, 7) is 3.40. The fourth-order valence-corrected chi connectivity index (χ4v) is 9.18. The highest BCUT2D eigenvalue weighted by molar-refractivity contribution is 6.09. The van der Waals surface area contributed by atoms with Gasteiger partial charge in [0.25, 0.3) is 0 Å². The Morgan fingerprint density at radius 3 is 2.71 bits per heavy atom. The van der Waals surface area contributed by atoms with Gasteiger partial charge in [-0.25, -0.2) is 0 Å². The average molecular weight is 793 g/mol. The number of aryl methyl sites for hydroxylation is 1. The van der Waals surface area contributed by atoms with Crippen LogP contribution >= 0.6 is 0 Å². The van der Waals surface area contributed by atoms with Gasteiger partial charge in [0.15, 0.2) is 17.7 Å². The van der Waals surface area contributed by atoms with Crippen molar-refractivity contribution < 1.29 is 24.5 Å². The molecule has 3 aromatic rings. The van der Waals surface area contributed by atoms with E-state index in [1.54, 1.807) is 0 Å². The second-order valence-electron chi connectivity index (χ2n) is 16.8. The number of nitrogens with two attached hydrogens (primary N) is 1. The minimum atomic E-state index is -1.05. The van der Waals surface area contributed by atoms with Gasteiger partial charge in [-0.15, -0.1) is 0 Å². The van der Waals surface area contributed by atoms with Gasteiger partial charge in [0.2, 0.25) is 0 Å². The maximum Gasteiger partial charge on any atom is 0.187 e. The number of fused-ring (bicyclic) bond motifs is 6. The summed E-state index contributed by atoms with van der Waals surface area (Å²) >= 11 is 0. The molecule has 4 heterocycles. The number of carbonyl (C=O) groups excluding carboxylic acids is 1. The Bertz CT molecular complexity index is 2230.